The summed E-state index contributed by atoms with van der Waals surface area (Å²) in [4.78, 5) is 4.43. The summed E-state index contributed by atoms with van der Waals surface area (Å²) in [5, 5.41) is 4.09. The predicted octanol–water partition coefficient (Wildman–Crippen LogP) is 2.56. The molecule has 2 aromatic rings. The number of hydrogen-bond acceptors (Lipinski definition) is 4. The molecule has 4 heteroatoms. The molecule has 2 N–H and O–H groups in total. The Labute approximate surface area is 106 Å². The molecule has 1 heterocycles. The first-order valence-electron chi connectivity index (χ1n) is 6.42. The Morgan fingerprint density at radius 2 is 2.22 bits per heavy atom. The van der Waals surface area contributed by atoms with Crippen LogP contribution in [0.1, 0.15) is 54.6 Å². The molecule has 0 amide bonds. The second-order valence-corrected chi connectivity index (χ2v) is 4.92. The molecule has 0 aliphatic heterocycles. The van der Waals surface area contributed by atoms with Crippen LogP contribution in [0.4, 0.5) is 0 Å². The van der Waals surface area contributed by atoms with Crippen molar-refractivity contribution in [1.82, 2.24) is 10.1 Å². The van der Waals surface area contributed by atoms with Crippen molar-refractivity contribution in [2.24, 2.45) is 5.73 Å². The Hall–Kier alpha value is -1.68. The van der Waals surface area contributed by atoms with E-state index in [1.54, 1.807) is 0 Å². The maximum atomic E-state index is 5.75. The van der Waals surface area contributed by atoms with Crippen LogP contribution in [0.15, 0.2) is 28.8 Å². The summed E-state index contributed by atoms with van der Waals surface area (Å²) < 4.78 is 5.21. The fourth-order valence-electron chi connectivity index (χ4n) is 2.60. The zero-order valence-corrected chi connectivity index (χ0v) is 10.5. The van der Waals surface area contributed by atoms with E-state index in [1.165, 1.54) is 17.5 Å². The minimum atomic E-state index is -0.204. The van der Waals surface area contributed by atoms with Crippen LogP contribution in [-0.4, -0.2) is 10.1 Å². The van der Waals surface area contributed by atoms with E-state index in [2.05, 4.69) is 34.4 Å². The summed E-state index contributed by atoms with van der Waals surface area (Å²) in [6, 6.07) is 8.31. The topological polar surface area (TPSA) is 64.9 Å². The predicted molar refractivity (Wildman–Crippen MR) is 68.1 cm³/mol. The number of hydrogen-bond donors (Lipinski definition) is 1. The Morgan fingerprint density at radius 3 is 3.00 bits per heavy atom. The lowest BCUT2D eigenvalue weighted by Crippen LogP contribution is -2.12. The average molecular weight is 243 g/mol. The van der Waals surface area contributed by atoms with Crippen LogP contribution in [-0.2, 0) is 6.42 Å². The van der Waals surface area contributed by atoms with Crippen molar-refractivity contribution in [2.45, 2.75) is 38.1 Å². The maximum absolute atomic E-state index is 5.75. The maximum Gasteiger partial charge on any atom is 0.243 e. The molecule has 1 aromatic heterocycles. The van der Waals surface area contributed by atoms with Gasteiger partial charge in [0.05, 0.1) is 6.04 Å². The van der Waals surface area contributed by atoms with Gasteiger partial charge in [-0.2, -0.15) is 4.98 Å². The number of nitrogens with two attached hydrogens (primary N) is 1. The van der Waals surface area contributed by atoms with Gasteiger partial charge < -0.3 is 10.3 Å². The van der Waals surface area contributed by atoms with Gasteiger partial charge in [-0.15, -0.1) is 0 Å². The average Bonchev–Trinajstić information content (AvgIpc) is 2.87. The van der Waals surface area contributed by atoms with Crippen molar-refractivity contribution >= 4 is 0 Å². The van der Waals surface area contributed by atoms with Crippen LogP contribution in [0, 0.1) is 0 Å². The van der Waals surface area contributed by atoms with Crippen molar-refractivity contribution in [1.29, 1.82) is 0 Å². The number of fused-ring (bicyclic) bond motifs is 1. The van der Waals surface area contributed by atoms with Gasteiger partial charge in [-0.1, -0.05) is 29.4 Å². The Morgan fingerprint density at radius 1 is 1.39 bits per heavy atom. The van der Waals surface area contributed by atoms with Crippen LogP contribution >= 0.6 is 0 Å². The minimum Gasteiger partial charge on any atom is -0.338 e. The zero-order chi connectivity index (χ0) is 12.5. The van der Waals surface area contributed by atoms with E-state index in [9.17, 15) is 0 Å². The van der Waals surface area contributed by atoms with Crippen LogP contribution in [0.5, 0.6) is 0 Å². The van der Waals surface area contributed by atoms with E-state index >= 15 is 0 Å². The monoisotopic (exact) mass is 243 g/mol. The molecule has 1 aliphatic carbocycles. The molecule has 0 saturated carbocycles. The van der Waals surface area contributed by atoms with E-state index in [0.29, 0.717) is 5.89 Å². The van der Waals surface area contributed by atoms with Gasteiger partial charge in [0.1, 0.15) is 0 Å². The number of aryl methyl sites for hydroxylation is 1. The molecule has 2 unspecified atom stereocenters. The third-order valence-electron chi connectivity index (χ3n) is 3.53. The molecule has 0 bridgehead atoms. The Balaban J connectivity index is 1.97. The number of rotatable bonds is 2. The fourth-order valence-corrected chi connectivity index (χ4v) is 2.60. The molecule has 0 spiro atoms. The lowest BCUT2D eigenvalue weighted by molar-refractivity contribution is 0.354. The lowest BCUT2D eigenvalue weighted by atomic mass is 9.82. The number of aromatic nitrogens is 2. The molecular weight excluding hydrogens is 226 g/mol. The van der Waals surface area contributed by atoms with E-state index in [-0.39, 0.29) is 12.0 Å². The first-order chi connectivity index (χ1) is 8.75. The molecule has 3 rings (SSSR count). The van der Waals surface area contributed by atoms with Crippen LogP contribution in [0.25, 0.3) is 0 Å². The summed E-state index contributed by atoms with van der Waals surface area (Å²) in [6.07, 6.45) is 3.39. The van der Waals surface area contributed by atoms with Crippen molar-refractivity contribution in [3.63, 3.8) is 0 Å². The van der Waals surface area contributed by atoms with Gasteiger partial charge in [0, 0.05) is 5.92 Å². The van der Waals surface area contributed by atoms with Crippen LogP contribution in [0.3, 0.4) is 0 Å². The fraction of sp³-hybridized carbons (Fsp3) is 0.429. The van der Waals surface area contributed by atoms with Crippen molar-refractivity contribution < 1.29 is 4.52 Å². The minimum absolute atomic E-state index is 0.204. The summed E-state index contributed by atoms with van der Waals surface area (Å²) >= 11 is 0. The highest BCUT2D eigenvalue weighted by Crippen LogP contribution is 2.35. The van der Waals surface area contributed by atoms with Crippen LogP contribution < -0.4 is 5.73 Å². The first kappa shape index (κ1) is 11.4. The highest BCUT2D eigenvalue weighted by molar-refractivity contribution is 5.36. The Bertz CT molecular complexity index is 547. The summed E-state index contributed by atoms with van der Waals surface area (Å²) in [6.45, 7) is 1.85. The van der Waals surface area contributed by atoms with Gasteiger partial charge in [-0.05, 0) is 37.3 Å². The summed E-state index contributed by atoms with van der Waals surface area (Å²) in [5.41, 5.74) is 8.49. The molecule has 4 nitrogen and oxygen atoms in total. The van der Waals surface area contributed by atoms with Gasteiger partial charge in [-0.25, -0.2) is 0 Å². The van der Waals surface area contributed by atoms with Gasteiger partial charge in [0.15, 0.2) is 5.82 Å². The van der Waals surface area contributed by atoms with Gasteiger partial charge in [-0.3, -0.25) is 0 Å². The second kappa shape index (κ2) is 4.53. The quantitative estimate of drug-likeness (QED) is 0.880. The number of nitrogens with zero attached hydrogens (tertiary/aromatic N) is 2. The smallest absolute Gasteiger partial charge is 0.243 e. The van der Waals surface area contributed by atoms with E-state index in [0.717, 1.165) is 18.7 Å². The first-order valence-corrected chi connectivity index (χ1v) is 6.42. The molecule has 1 aliphatic rings. The molecular formula is C14H17N3O. The molecule has 18 heavy (non-hydrogen) atoms. The normalized spacial score (nSPS) is 20.4. The highest BCUT2D eigenvalue weighted by Gasteiger charge is 2.26. The highest BCUT2D eigenvalue weighted by atomic mass is 16.5. The van der Waals surface area contributed by atoms with E-state index in [1.807, 2.05) is 6.92 Å². The molecule has 1 aromatic carbocycles. The van der Waals surface area contributed by atoms with Crippen LogP contribution in [0.2, 0.25) is 0 Å². The van der Waals surface area contributed by atoms with Crippen molar-refractivity contribution in [3.05, 3.63) is 47.1 Å². The second-order valence-electron chi connectivity index (χ2n) is 4.92. The summed E-state index contributed by atoms with van der Waals surface area (Å²) in [7, 11) is 0. The standard InChI is InChI=1S/C14H17N3O/c1-9(15)14-16-13(17-18-14)12-8-4-6-10-5-2-3-7-11(10)12/h2-3,5,7,9,12H,4,6,8,15H2,1H3. The van der Waals surface area contributed by atoms with Crippen molar-refractivity contribution in [2.75, 3.05) is 0 Å². The van der Waals surface area contributed by atoms with Gasteiger partial charge in [0.25, 0.3) is 0 Å². The lowest BCUT2D eigenvalue weighted by Gasteiger charge is -2.22. The summed E-state index contributed by atoms with van der Waals surface area (Å²) in [5.74, 6) is 1.55. The largest absolute Gasteiger partial charge is 0.338 e. The van der Waals surface area contributed by atoms with Gasteiger partial charge in [0.2, 0.25) is 5.89 Å². The molecule has 2 atom stereocenters. The SMILES string of the molecule is CC(N)c1nc(C2CCCc3ccccc32)no1. The van der Waals surface area contributed by atoms with E-state index < -0.39 is 0 Å². The zero-order valence-electron chi connectivity index (χ0n) is 10.5. The van der Waals surface area contributed by atoms with E-state index in [4.69, 9.17) is 10.3 Å². The van der Waals surface area contributed by atoms with Crippen molar-refractivity contribution in [3.8, 4) is 0 Å². The number of benzene rings is 1. The van der Waals surface area contributed by atoms with Gasteiger partial charge >= 0.3 is 0 Å². The molecule has 94 valence electrons. The third-order valence-corrected chi connectivity index (χ3v) is 3.53. The molecule has 0 fully saturated rings. The molecule has 0 radical (unpaired) electrons. The molecule has 0 saturated heterocycles. The third kappa shape index (κ3) is 1.93. The Kier molecular flexibility index (Phi) is 2.88.